The minimum absolute atomic E-state index is 0.0501. The molecule has 84 valence electrons. The lowest BCUT2D eigenvalue weighted by molar-refractivity contribution is -0.145. The molecule has 0 fully saturated rings. The second kappa shape index (κ2) is 3.92. The SMILES string of the molecule is CCn1ncc(CC(=O)O)c1C(F)(F)F. The Bertz CT molecular complexity index is 370. The number of halogens is 3. The molecular formula is C8H9F3N2O2. The zero-order valence-corrected chi connectivity index (χ0v) is 7.88. The van der Waals surface area contributed by atoms with Crippen molar-refractivity contribution in [3.05, 3.63) is 17.5 Å². The summed E-state index contributed by atoms with van der Waals surface area (Å²) in [6, 6.07) is 0. The number of aliphatic carboxylic acids is 1. The smallest absolute Gasteiger partial charge is 0.433 e. The van der Waals surface area contributed by atoms with Crippen molar-refractivity contribution in [2.45, 2.75) is 26.1 Å². The van der Waals surface area contributed by atoms with Gasteiger partial charge in [-0.3, -0.25) is 9.48 Å². The first-order valence-electron chi connectivity index (χ1n) is 4.20. The number of alkyl halides is 3. The number of aryl methyl sites for hydroxylation is 1. The molecule has 0 spiro atoms. The number of nitrogens with zero attached hydrogens (tertiary/aromatic N) is 2. The molecule has 0 amide bonds. The van der Waals surface area contributed by atoms with E-state index in [9.17, 15) is 18.0 Å². The minimum Gasteiger partial charge on any atom is -0.481 e. The Morgan fingerprint density at radius 3 is 2.60 bits per heavy atom. The zero-order chi connectivity index (χ0) is 11.6. The second-order valence-corrected chi connectivity index (χ2v) is 2.90. The van der Waals surface area contributed by atoms with Gasteiger partial charge in [0, 0.05) is 12.1 Å². The highest BCUT2D eigenvalue weighted by atomic mass is 19.4. The van der Waals surface area contributed by atoms with Gasteiger partial charge in [0.15, 0.2) is 0 Å². The molecular weight excluding hydrogens is 213 g/mol. The van der Waals surface area contributed by atoms with Crippen LogP contribution in [0.25, 0.3) is 0 Å². The first-order chi connectivity index (χ1) is 6.86. The fourth-order valence-electron chi connectivity index (χ4n) is 1.28. The monoisotopic (exact) mass is 222 g/mol. The van der Waals surface area contributed by atoms with E-state index in [2.05, 4.69) is 5.10 Å². The van der Waals surface area contributed by atoms with E-state index in [-0.39, 0.29) is 12.1 Å². The Morgan fingerprint density at radius 2 is 2.20 bits per heavy atom. The summed E-state index contributed by atoms with van der Waals surface area (Å²) in [6.45, 7) is 1.56. The standard InChI is InChI=1S/C8H9F3N2O2/c1-2-13-7(8(9,10)11)5(4-12-13)3-6(14)15/h4H,2-3H2,1H3,(H,14,15). The van der Waals surface area contributed by atoms with Gasteiger partial charge in [0.1, 0.15) is 5.69 Å². The van der Waals surface area contributed by atoms with Crippen LogP contribution in [0, 0.1) is 0 Å². The van der Waals surface area contributed by atoms with Crippen LogP contribution < -0.4 is 0 Å². The fourth-order valence-corrected chi connectivity index (χ4v) is 1.28. The van der Waals surface area contributed by atoms with Crippen molar-refractivity contribution in [2.75, 3.05) is 0 Å². The Labute approximate surface area is 83.3 Å². The van der Waals surface area contributed by atoms with Gasteiger partial charge in [-0.05, 0) is 6.92 Å². The van der Waals surface area contributed by atoms with Gasteiger partial charge in [0.2, 0.25) is 0 Å². The van der Waals surface area contributed by atoms with E-state index in [1.807, 2.05) is 0 Å². The topological polar surface area (TPSA) is 55.1 Å². The molecule has 0 saturated carbocycles. The van der Waals surface area contributed by atoms with Crippen molar-refractivity contribution in [1.29, 1.82) is 0 Å². The Balaban J connectivity index is 3.17. The summed E-state index contributed by atoms with van der Waals surface area (Å²) in [6.07, 6.45) is -4.30. The number of hydrogen-bond donors (Lipinski definition) is 1. The van der Waals surface area contributed by atoms with E-state index in [1.54, 1.807) is 0 Å². The molecule has 1 aromatic heterocycles. The molecule has 0 atom stereocenters. The summed E-state index contributed by atoms with van der Waals surface area (Å²) in [5.41, 5.74) is -1.29. The third-order valence-corrected chi connectivity index (χ3v) is 1.82. The number of aromatic nitrogens is 2. The molecule has 15 heavy (non-hydrogen) atoms. The van der Waals surface area contributed by atoms with E-state index in [0.29, 0.717) is 0 Å². The van der Waals surface area contributed by atoms with Crippen LogP contribution in [-0.2, 0) is 23.9 Å². The van der Waals surface area contributed by atoms with E-state index in [0.717, 1.165) is 10.9 Å². The summed E-state index contributed by atoms with van der Waals surface area (Å²) in [5, 5.41) is 11.9. The van der Waals surface area contributed by atoms with Gasteiger partial charge in [0.05, 0.1) is 12.6 Å². The van der Waals surface area contributed by atoms with E-state index >= 15 is 0 Å². The van der Waals surface area contributed by atoms with Gasteiger partial charge in [-0.2, -0.15) is 18.3 Å². The van der Waals surface area contributed by atoms with Gasteiger partial charge in [-0.15, -0.1) is 0 Å². The number of carbonyl (C=O) groups is 1. The third kappa shape index (κ3) is 2.48. The number of carboxylic acids is 1. The minimum atomic E-state index is -4.57. The van der Waals surface area contributed by atoms with Crippen LogP contribution in [0.1, 0.15) is 18.2 Å². The fraction of sp³-hybridized carbons (Fsp3) is 0.500. The average molecular weight is 222 g/mol. The quantitative estimate of drug-likeness (QED) is 0.844. The highest BCUT2D eigenvalue weighted by molar-refractivity contribution is 5.70. The van der Waals surface area contributed by atoms with Gasteiger partial charge in [0.25, 0.3) is 0 Å². The normalized spacial score (nSPS) is 11.7. The highest BCUT2D eigenvalue weighted by Gasteiger charge is 2.38. The molecule has 1 aromatic rings. The third-order valence-electron chi connectivity index (χ3n) is 1.82. The summed E-state index contributed by atoms with van der Waals surface area (Å²) in [4.78, 5) is 10.3. The predicted octanol–water partition coefficient (Wildman–Crippen LogP) is 1.55. The molecule has 0 bridgehead atoms. The average Bonchev–Trinajstić information content (AvgIpc) is 2.45. The van der Waals surface area contributed by atoms with Crippen LogP contribution >= 0.6 is 0 Å². The molecule has 0 aliphatic heterocycles. The Morgan fingerprint density at radius 1 is 1.60 bits per heavy atom. The lowest BCUT2D eigenvalue weighted by atomic mass is 10.2. The molecule has 7 heteroatoms. The van der Waals surface area contributed by atoms with Crippen molar-refractivity contribution in [1.82, 2.24) is 9.78 Å². The molecule has 0 aliphatic carbocycles. The van der Waals surface area contributed by atoms with E-state index in [1.165, 1.54) is 6.92 Å². The van der Waals surface area contributed by atoms with Crippen LogP contribution in [0.15, 0.2) is 6.20 Å². The molecule has 0 radical (unpaired) electrons. The largest absolute Gasteiger partial charge is 0.481 e. The molecule has 0 saturated heterocycles. The van der Waals surface area contributed by atoms with Crippen molar-refractivity contribution >= 4 is 5.97 Å². The van der Waals surface area contributed by atoms with Crippen LogP contribution in [-0.4, -0.2) is 20.9 Å². The summed E-state index contributed by atoms with van der Waals surface area (Å²) >= 11 is 0. The maximum Gasteiger partial charge on any atom is 0.433 e. The predicted molar refractivity (Wildman–Crippen MR) is 44.2 cm³/mol. The second-order valence-electron chi connectivity index (χ2n) is 2.90. The number of carboxylic acid groups (broad SMARTS) is 1. The van der Waals surface area contributed by atoms with Gasteiger partial charge >= 0.3 is 12.1 Å². The molecule has 0 unspecified atom stereocenters. The maximum atomic E-state index is 12.5. The molecule has 1 N–H and O–H groups in total. The van der Waals surface area contributed by atoms with Crippen LogP contribution in [0.3, 0.4) is 0 Å². The lowest BCUT2D eigenvalue weighted by Gasteiger charge is -2.10. The van der Waals surface area contributed by atoms with Crippen LogP contribution in [0.2, 0.25) is 0 Å². The highest BCUT2D eigenvalue weighted by Crippen LogP contribution is 2.32. The maximum absolute atomic E-state index is 12.5. The van der Waals surface area contributed by atoms with Crippen molar-refractivity contribution in [2.24, 2.45) is 0 Å². The Kier molecular flexibility index (Phi) is 3.01. The molecule has 0 aromatic carbocycles. The number of rotatable bonds is 3. The Hall–Kier alpha value is -1.53. The van der Waals surface area contributed by atoms with Crippen molar-refractivity contribution < 1.29 is 23.1 Å². The van der Waals surface area contributed by atoms with Crippen molar-refractivity contribution in [3.63, 3.8) is 0 Å². The first-order valence-corrected chi connectivity index (χ1v) is 4.20. The molecule has 4 nitrogen and oxygen atoms in total. The van der Waals surface area contributed by atoms with Crippen LogP contribution in [0.5, 0.6) is 0 Å². The van der Waals surface area contributed by atoms with Gasteiger partial charge < -0.3 is 5.11 Å². The van der Waals surface area contributed by atoms with E-state index < -0.39 is 24.3 Å². The van der Waals surface area contributed by atoms with Gasteiger partial charge in [-0.1, -0.05) is 0 Å². The molecule has 1 rings (SSSR count). The summed E-state index contributed by atoms with van der Waals surface area (Å²) < 4.78 is 38.3. The lowest BCUT2D eigenvalue weighted by Crippen LogP contribution is -2.17. The van der Waals surface area contributed by atoms with E-state index in [4.69, 9.17) is 5.11 Å². The van der Waals surface area contributed by atoms with Crippen molar-refractivity contribution in [3.8, 4) is 0 Å². The molecule has 1 heterocycles. The first kappa shape index (κ1) is 11.5. The zero-order valence-electron chi connectivity index (χ0n) is 7.88. The number of hydrogen-bond acceptors (Lipinski definition) is 2. The van der Waals surface area contributed by atoms with Crippen LogP contribution in [0.4, 0.5) is 13.2 Å². The van der Waals surface area contributed by atoms with Gasteiger partial charge in [-0.25, -0.2) is 0 Å². The summed E-state index contributed by atoms with van der Waals surface area (Å²) in [7, 11) is 0. The molecule has 0 aliphatic rings. The summed E-state index contributed by atoms with van der Waals surface area (Å²) in [5.74, 6) is -1.31.